The number of rotatable bonds is 3. The van der Waals surface area contributed by atoms with Crippen LogP contribution >= 0.6 is 24.8 Å². The lowest BCUT2D eigenvalue weighted by molar-refractivity contribution is 0.209. The summed E-state index contributed by atoms with van der Waals surface area (Å²) < 4.78 is 5.48. The maximum absolute atomic E-state index is 5.08. The van der Waals surface area contributed by atoms with Gasteiger partial charge in [-0.25, -0.2) is 0 Å². The van der Waals surface area contributed by atoms with Crippen LogP contribution in [0.25, 0.3) is 0 Å². The predicted molar refractivity (Wildman–Crippen MR) is 63.9 cm³/mol. The van der Waals surface area contributed by atoms with Crippen LogP contribution < -0.4 is 16.0 Å². The Labute approximate surface area is 94.2 Å². The van der Waals surface area contributed by atoms with E-state index in [9.17, 15) is 0 Å². The van der Waals surface area contributed by atoms with E-state index in [4.69, 9.17) is 17.0 Å². The number of methoxy groups -OCH3 is 1. The molecule has 0 amide bonds. The molecular formula is C8H13N3OS2. The maximum atomic E-state index is 5.08. The van der Waals surface area contributed by atoms with E-state index < -0.39 is 5.79 Å². The normalized spacial score (nSPS) is 24.9. The van der Waals surface area contributed by atoms with Gasteiger partial charge in [-0.15, -0.1) is 12.6 Å². The van der Waals surface area contributed by atoms with E-state index in [1.54, 1.807) is 14.2 Å². The number of allylic oxidation sites excluding steroid dienone is 2. The summed E-state index contributed by atoms with van der Waals surface area (Å²) in [5.74, 6) is 0.0257. The number of thiol groups is 1. The molecule has 1 heterocycles. The number of hydrogen-bond donors (Lipinski definition) is 4. The minimum atomic E-state index is -0.626. The van der Waals surface area contributed by atoms with Crippen LogP contribution in [0.5, 0.6) is 0 Å². The van der Waals surface area contributed by atoms with Gasteiger partial charge in [-0.05, 0) is 19.2 Å². The van der Waals surface area contributed by atoms with E-state index in [1.165, 1.54) is 0 Å². The second-order valence-electron chi connectivity index (χ2n) is 2.71. The Kier molecular flexibility index (Phi) is 3.79. The van der Waals surface area contributed by atoms with Crippen LogP contribution in [0.15, 0.2) is 24.1 Å². The first-order chi connectivity index (χ1) is 6.62. The van der Waals surface area contributed by atoms with Crippen molar-refractivity contribution in [3.8, 4) is 0 Å². The number of nitrogens with one attached hydrogen (secondary N) is 3. The molecule has 1 rings (SSSR count). The molecule has 78 valence electrons. The van der Waals surface area contributed by atoms with E-state index in [0.29, 0.717) is 10.2 Å². The van der Waals surface area contributed by atoms with E-state index in [0.717, 1.165) is 0 Å². The van der Waals surface area contributed by atoms with Crippen LogP contribution in [0.1, 0.15) is 0 Å². The van der Waals surface area contributed by atoms with Gasteiger partial charge in [0.05, 0.1) is 7.11 Å². The van der Waals surface area contributed by atoms with Crippen LogP contribution in [0.3, 0.4) is 0 Å². The summed E-state index contributed by atoms with van der Waals surface area (Å²) in [7, 11) is 3.40. The average molecular weight is 231 g/mol. The van der Waals surface area contributed by atoms with Gasteiger partial charge in [-0.1, -0.05) is 18.3 Å². The van der Waals surface area contributed by atoms with Crippen molar-refractivity contribution in [2.75, 3.05) is 14.2 Å². The molecule has 0 saturated heterocycles. The molecule has 6 heteroatoms. The highest BCUT2D eigenvalue weighted by molar-refractivity contribution is 8.11. The maximum Gasteiger partial charge on any atom is 0.189 e. The van der Waals surface area contributed by atoms with Crippen molar-refractivity contribution in [3.63, 3.8) is 0 Å². The lowest BCUT2D eigenvalue weighted by Gasteiger charge is -2.35. The SMILES string of the molecule is CNC1(NC(=S)S)C=CC=C(OC)N1. The molecule has 0 aliphatic carbocycles. The van der Waals surface area contributed by atoms with Gasteiger partial charge >= 0.3 is 0 Å². The standard InChI is InChI=1S/C8H13N3OS2/c1-9-8(11-7(13)14)5-3-4-6(10-8)12-2/h3-5,9-10H,1-2H3,(H2,11,13,14). The van der Waals surface area contributed by atoms with E-state index in [1.807, 2.05) is 18.2 Å². The third-order valence-corrected chi connectivity index (χ3v) is 2.05. The van der Waals surface area contributed by atoms with Gasteiger partial charge in [0.1, 0.15) is 4.32 Å². The lowest BCUT2D eigenvalue weighted by atomic mass is 10.2. The zero-order valence-corrected chi connectivity index (χ0v) is 9.71. The molecular weight excluding hydrogens is 218 g/mol. The second kappa shape index (κ2) is 4.68. The van der Waals surface area contributed by atoms with Gasteiger partial charge in [0, 0.05) is 0 Å². The molecule has 0 spiro atoms. The predicted octanol–water partition coefficient (Wildman–Crippen LogP) is 0.311. The fourth-order valence-electron chi connectivity index (χ4n) is 1.13. The van der Waals surface area contributed by atoms with Crippen LogP contribution in [0, 0.1) is 0 Å². The molecule has 1 aliphatic heterocycles. The van der Waals surface area contributed by atoms with Crippen molar-refractivity contribution < 1.29 is 4.74 Å². The van der Waals surface area contributed by atoms with Gasteiger partial charge in [0.15, 0.2) is 11.7 Å². The van der Waals surface area contributed by atoms with Crippen molar-refractivity contribution >= 4 is 29.2 Å². The van der Waals surface area contributed by atoms with Crippen molar-refractivity contribution in [1.29, 1.82) is 0 Å². The van der Waals surface area contributed by atoms with Gasteiger partial charge < -0.3 is 15.4 Å². The van der Waals surface area contributed by atoms with Gasteiger partial charge in [-0.3, -0.25) is 5.32 Å². The van der Waals surface area contributed by atoms with E-state index in [-0.39, 0.29) is 0 Å². The van der Waals surface area contributed by atoms with Crippen molar-refractivity contribution in [2.24, 2.45) is 0 Å². The van der Waals surface area contributed by atoms with E-state index in [2.05, 4.69) is 28.6 Å². The Hall–Kier alpha value is -0.720. The van der Waals surface area contributed by atoms with Gasteiger partial charge in [0.2, 0.25) is 0 Å². The topological polar surface area (TPSA) is 45.3 Å². The molecule has 1 aliphatic rings. The monoisotopic (exact) mass is 231 g/mol. The Bertz CT molecular complexity index is 290. The highest BCUT2D eigenvalue weighted by Gasteiger charge is 2.27. The van der Waals surface area contributed by atoms with E-state index >= 15 is 0 Å². The molecule has 0 aromatic rings. The fraction of sp³-hybridized carbons (Fsp3) is 0.375. The van der Waals surface area contributed by atoms with Crippen LogP contribution in [-0.4, -0.2) is 24.3 Å². The number of hydrogen-bond acceptors (Lipinski definition) is 4. The number of likely N-dealkylation sites (N-methyl/N-ethyl adjacent to an activating group) is 1. The number of dihydropyridines is 1. The van der Waals surface area contributed by atoms with Gasteiger partial charge in [-0.2, -0.15) is 0 Å². The average Bonchev–Trinajstić information content (AvgIpc) is 2.17. The first kappa shape index (κ1) is 11.4. The minimum absolute atomic E-state index is 0.397. The summed E-state index contributed by atoms with van der Waals surface area (Å²) in [5, 5.41) is 9.11. The molecule has 3 N–H and O–H groups in total. The summed E-state index contributed by atoms with van der Waals surface area (Å²) in [6.45, 7) is 0. The largest absolute Gasteiger partial charge is 0.482 e. The molecule has 0 aromatic heterocycles. The summed E-state index contributed by atoms with van der Waals surface area (Å²) in [6, 6.07) is 0. The Morgan fingerprint density at radius 3 is 2.93 bits per heavy atom. The first-order valence-corrected chi connectivity index (χ1v) is 4.89. The summed E-state index contributed by atoms with van der Waals surface area (Å²) in [4.78, 5) is 0. The van der Waals surface area contributed by atoms with Gasteiger partial charge in [0.25, 0.3) is 0 Å². The van der Waals surface area contributed by atoms with Crippen molar-refractivity contribution in [3.05, 3.63) is 24.1 Å². The molecule has 0 saturated carbocycles. The molecule has 0 fully saturated rings. The van der Waals surface area contributed by atoms with Crippen LogP contribution in [-0.2, 0) is 4.74 Å². The quantitative estimate of drug-likeness (QED) is 0.320. The third-order valence-electron chi connectivity index (χ3n) is 1.83. The number of ether oxygens (including phenoxy) is 1. The summed E-state index contributed by atoms with van der Waals surface area (Å²) in [6.07, 6.45) is 5.57. The smallest absolute Gasteiger partial charge is 0.189 e. The molecule has 4 nitrogen and oxygen atoms in total. The molecule has 1 unspecified atom stereocenters. The summed E-state index contributed by atoms with van der Waals surface area (Å²) >= 11 is 8.89. The van der Waals surface area contributed by atoms with Crippen LogP contribution in [0.2, 0.25) is 0 Å². The number of thiocarbonyl (C=S) groups is 1. The molecule has 0 radical (unpaired) electrons. The molecule has 0 aromatic carbocycles. The first-order valence-electron chi connectivity index (χ1n) is 4.03. The van der Waals surface area contributed by atoms with Crippen molar-refractivity contribution in [1.82, 2.24) is 16.0 Å². The zero-order chi connectivity index (χ0) is 10.6. The highest BCUT2D eigenvalue weighted by atomic mass is 32.1. The fourth-order valence-corrected chi connectivity index (χ4v) is 1.46. The summed E-state index contributed by atoms with van der Waals surface area (Å²) in [5.41, 5.74) is 0. The zero-order valence-electron chi connectivity index (χ0n) is 8.00. The Balaban J connectivity index is 2.78. The van der Waals surface area contributed by atoms with Crippen molar-refractivity contribution in [2.45, 2.75) is 5.79 Å². The molecule has 1 atom stereocenters. The lowest BCUT2D eigenvalue weighted by Crippen LogP contribution is -2.65. The minimum Gasteiger partial charge on any atom is -0.482 e. The Morgan fingerprint density at radius 1 is 1.71 bits per heavy atom. The highest BCUT2D eigenvalue weighted by Crippen LogP contribution is 2.09. The second-order valence-corrected chi connectivity index (χ2v) is 3.87. The Morgan fingerprint density at radius 2 is 2.43 bits per heavy atom. The molecule has 0 bridgehead atoms. The molecule has 14 heavy (non-hydrogen) atoms. The third kappa shape index (κ3) is 2.63. The van der Waals surface area contributed by atoms with Crippen LogP contribution in [0.4, 0.5) is 0 Å².